The molecule has 0 fully saturated rings. The number of aliphatic hydroxyl groups excluding tert-OH is 1. The predicted octanol–water partition coefficient (Wildman–Crippen LogP) is -1.71. The summed E-state index contributed by atoms with van der Waals surface area (Å²) in [5.41, 5.74) is 5.22. The van der Waals surface area contributed by atoms with E-state index in [0.717, 1.165) is 0 Å². The minimum absolute atomic E-state index is 0.0200. The maximum absolute atomic E-state index is 10.8. The Labute approximate surface area is 75.7 Å². The van der Waals surface area contributed by atoms with Crippen molar-refractivity contribution in [1.82, 2.24) is 5.32 Å². The van der Waals surface area contributed by atoms with Crippen molar-refractivity contribution in [2.45, 2.75) is 25.5 Å². The number of carbonyl (C=O) groups excluding carboxylic acids is 1. The van der Waals surface area contributed by atoms with Crippen molar-refractivity contribution in [2.75, 3.05) is 6.54 Å². The molecule has 0 spiro atoms. The molecular weight excluding hydrogens is 176 g/mol. The van der Waals surface area contributed by atoms with Crippen LogP contribution in [0, 0.1) is 0 Å². The van der Waals surface area contributed by atoms with Crippen LogP contribution in [0.5, 0.6) is 0 Å². The number of carboxylic acids is 1. The van der Waals surface area contributed by atoms with E-state index in [4.69, 9.17) is 15.9 Å². The molecule has 0 radical (unpaired) electrons. The number of rotatable bonds is 5. The number of aliphatic hydroxyl groups is 1. The standard InChI is InChI=1S/C7H14N2O4/c1-4(8)6(11)9-3-2-5(10)7(12)13/h4-5,10H,2-3,8H2,1H3,(H,9,11)(H,12,13)/t4-,5+/m1/s1. The molecule has 0 aliphatic carbocycles. The van der Waals surface area contributed by atoms with Gasteiger partial charge in [0.2, 0.25) is 5.91 Å². The largest absolute Gasteiger partial charge is 0.479 e. The zero-order chi connectivity index (χ0) is 10.4. The minimum Gasteiger partial charge on any atom is -0.479 e. The SMILES string of the molecule is C[C@@H](N)C(=O)NCC[C@H](O)C(=O)O. The second kappa shape index (κ2) is 5.50. The summed E-state index contributed by atoms with van der Waals surface area (Å²) in [5.74, 6) is -1.66. The van der Waals surface area contributed by atoms with Gasteiger partial charge in [0.15, 0.2) is 6.10 Å². The van der Waals surface area contributed by atoms with Gasteiger partial charge in [-0.3, -0.25) is 4.79 Å². The molecule has 0 saturated carbocycles. The third-order valence-corrected chi connectivity index (χ3v) is 1.42. The summed E-state index contributed by atoms with van der Waals surface area (Å²) in [4.78, 5) is 21.0. The smallest absolute Gasteiger partial charge is 0.332 e. The molecule has 6 heteroatoms. The highest BCUT2D eigenvalue weighted by molar-refractivity contribution is 5.81. The Morgan fingerprint density at radius 1 is 1.54 bits per heavy atom. The number of nitrogens with one attached hydrogen (secondary N) is 1. The minimum atomic E-state index is -1.44. The van der Waals surface area contributed by atoms with E-state index in [1.165, 1.54) is 6.92 Å². The van der Waals surface area contributed by atoms with E-state index in [9.17, 15) is 9.59 Å². The topological polar surface area (TPSA) is 113 Å². The second-order valence-corrected chi connectivity index (χ2v) is 2.72. The Bertz CT molecular complexity index is 193. The van der Waals surface area contributed by atoms with Gasteiger partial charge in [0.05, 0.1) is 6.04 Å². The molecule has 5 N–H and O–H groups in total. The van der Waals surface area contributed by atoms with Crippen molar-refractivity contribution in [3.05, 3.63) is 0 Å². The number of hydrogen-bond acceptors (Lipinski definition) is 4. The van der Waals surface area contributed by atoms with Crippen LogP contribution in [0.2, 0.25) is 0 Å². The van der Waals surface area contributed by atoms with Crippen molar-refractivity contribution in [3.8, 4) is 0 Å². The summed E-state index contributed by atoms with van der Waals surface area (Å²) in [7, 11) is 0. The van der Waals surface area contributed by atoms with Crippen molar-refractivity contribution in [2.24, 2.45) is 5.73 Å². The van der Waals surface area contributed by atoms with E-state index < -0.39 is 18.1 Å². The van der Waals surface area contributed by atoms with Gasteiger partial charge in [-0.15, -0.1) is 0 Å². The third kappa shape index (κ3) is 5.15. The Balaban J connectivity index is 3.56. The van der Waals surface area contributed by atoms with Gasteiger partial charge in [0.1, 0.15) is 0 Å². The van der Waals surface area contributed by atoms with Gasteiger partial charge in [0, 0.05) is 13.0 Å². The Hall–Kier alpha value is -1.14. The molecule has 1 amide bonds. The van der Waals surface area contributed by atoms with E-state index in [1.807, 2.05) is 0 Å². The predicted molar refractivity (Wildman–Crippen MR) is 44.9 cm³/mol. The van der Waals surface area contributed by atoms with Gasteiger partial charge in [-0.2, -0.15) is 0 Å². The summed E-state index contributed by atoms with van der Waals surface area (Å²) < 4.78 is 0. The molecule has 0 rings (SSSR count). The Kier molecular flexibility index (Phi) is 5.01. The maximum atomic E-state index is 10.8. The number of nitrogens with two attached hydrogens (primary N) is 1. The van der Waals surface area contributed by atoms with E-state index in [-0.39, 0.29) is 18.9 Å². The van der Waals surface area contributed by atoms with E-state index in [2.05, 4.69) is 5.32 Å². The van der Waals surface area contributed by atoms with E-state index >= 15 is 0 Å². The molecule has 6 nitrogen and oxygen atoms in total. The second-order valence-electron chi connectivity index (χ2n) is 2.72. The summed E-state index contributed by atoms with van der Waals surface area (Å²) >= 11 is 0. The Morgan fingerprint density at radius 3 is 2.46 bits per heavy atom. The number of carbonyl (C=O) groups is 2. The summed E-state index contributed by atoms with van der Waals surface area (Å²) in [5, 5.41) is 19.4. The monoisotopic (exact) mass is 190 g/mol. The van der Waals surface area contributed by atoms with Gasteiger partial charge in [0.25, 0.3) is 0 Å². The fourth-order valence-electron chi connectivity index (χ4n) is 0.617. The van der Waals surface area contributed by atoms with Gasteiger partial charge in [-0.25, -0.2) is 4.79 Å². The van der Waals surface area contributed by atoms with Gasteiger partial charge < -0.3 is 21.3 Å². The first-order valence-electron chi connectivity index (χ1n) is 3.89. The molecule has 0 unspecified atom stereocenters. The fourth-order valence-corrected chi connectivity index (χ4v) is 0.617. The lowest BCUT2D eigenvalue weighted by atomic mass is 10.2. The summed E-state index contributed by atoms with van der Waals surface area (Å²) in [6.45, 7) is 1.62. The van der Waals surface area contributed by atoms with Gasteiger partial charge >= 0.3 is 5.97 Å². The average molecular weight is 190 g/mol. The highest BCUT2D eigenvalue weighted by Crippen LogP contribution is 1.89. The Morgan fingerprint density at radius 2 is 2.08 bits per heavy atom. The molecule has 0 aliphatic heterocycles. The van der Waals surface area contributed by atoms with Crippen LogP contribution in [0.3, 0.4) is 0 Å². The molecule has 0 heterocycles. The lowest BCUT2D eigenvalue weighted by molar-refractivity contribution is -0.147. The first-order chi connectivity index (χ1) is 5.95. The van der Waals surface area contributed by atoms with Crippen LogP contribution in [0.4, 0.5) is 0 Å². The first kappa shape index (κ1) is 11.9. The zero-order valence-electron chi connectivity index (χ0n) is 7.36. The van der Waals surface area contributed by atoms with E-state index in [1.54, 1.807) is 0 Å². The van der Waals surface area contributed by atoms with Crippen LogP contribution in [-0.4, -0.2) is 40.8 Å². The van der Waals surface area contributed by atoms with Crippen molar-refractivity contribution in [1.29, 1.82) is 0 Å². The summed E-state index contributed by atoms with van der Waals surface area (Å²) in [6, 6.07) is -0.623. The first-order valence-corrected chi connectivity index (χ1v) is 3.89. The molecule has 0 aliphatic rings. The normalized spacial score (nSPS) is 14.7. The van der Waals surface area contributed by atoms with Crippen molar-refractivity contribution in [3.63, 3.8) is 0 Å². The lowest BCUT2D eigenvalue weighted by Crippen LogP contribution is -2.39. The van der Waals surface area contributed by atoms with Crippen molar-refractivity contribution < 1.29 is 19.8 Å². The maximum Gasteiger partial charge on any atom is 0.332 e. The van der Waals surface area contributed by atoms with Crippen LogP contribution in [0.25, 0.3) is 0 Å². The molecule has 0 aromatic carbocycles. The molecule has 0 aromatic heterocycles. The number of hydrogen-bond donors (Lipinski definition) is 4. The van der Waals surface area contributed by atoms with Crippen molar-refractivity contribution >= 4 is 11.9 Å². The molecule has 13 heavy (non-hydrogen) atoms. The molecule has 0 bridgehead atoms. The highest BCUT2D eigenvalue weighted by atomic mass is 16.4. The van der Waals surface area contributed by atoms with Crippen LogP contribution in [0.1, 0.15) is 13.3 Å². The van der Waals surface area contributed by atoms with Crippen LogP contribution in [-0.2, 0) is 9.59 Å². The quantitative estimate of drug-likeness (QED) is 0.412. The average Bonchev–Trinajstić information content (AvgIpc) is 2.03. The van der Waals surface area contributed by atoms with Crippen LogP contribution < -0.4 is 11.1 Å². The number of carboxylic acid groups (broad SMARTS) is 1. The van der Waals surface area contributed by atoms with Crippen LogP contribution >= 0.6 is 0 Å². The lowest BCUT2D eigenvalue weighted by Gasteiger charge is -2.08. The fraction of sp³-hybridized carbons (Fsp3) is 0.714. The zero-order valence-corrected chi connectivity index (χ0v) is 7.36. The molecular formula is C7H14N2O4. The molecule has 0 aromatic rings. The molecule has 0 saturated heterocycles. The molecule has 2 atom stereocenters. The van der Waals surface area contributed by atoms with Crippen LogP contribution in [0.15, 0.2) is 0 Å². The van der Waals surface area contributed by atoms with Gasteiger partial charge in [-0.05, 0) is 6.92 Å². The summed E-state index contributed by atoms with van der Waals surface area (Å²) in [6.07, 6.45) is -1.46. The highest BCUT2D eigenvalue weighted by Gasteiger charge is 2.13. The third-order valence-electron chi connectivity index (χ3n) is 1.42. The number of amides is 1. The van der Waals surface area contributed by atoms with E-state index in [0.29, 0.717) is 0 Å². The number of aliphatic carboxylic acids is 1. The molecule has 76 valence electrons. The van der Waals surface area contributed by atoms with Gasteiger partial charge in [-0.1, -0.05) is 0 Å².